The zero-order valence-corrected chi connectivity index (χ0v) is 8.16. The highest BCUT2D eigenvalue weighted by molar-refractivity contribution is 6.30. The molecule has 70 valence electrons. The van der Waals surface area contributed by atoms with Crippen molar-refractivity contribution in [1.29, 1.82) is 0 Å². The van der Waals surface area contributed by atoms with Crippen LogP contribution in [0.2, 0.25) is 5.02 Å². The van der Waals surface area contributed by atoms with Gasteiger partial charge in [0.2, 0.25) is 0 Å². The maximum absolute atomic E-state index is 13.7. The fourth-order valence-electron chi connectivity index (χ4n) is 1.68. The van der Waals surface area contributed by atoms with Crippen LogP contribution in [0.25, 0.3) is 0 Å². The zero-order valence-electron chi connectivity index (χ0n) is 9.40. The standard InChI is InChI=1S/C11H12ClF/c1-7-2-4-9-8(6-7)3-5-10(12)11(9)13/h3,5,7H,2,4,6H2,1H3/i4D2. The molecule has 1 aromatic carbocycles. The normalized spacial score (nSPS) is 27.5. The van der Waals surface area contributed by atoms with Crippen LogP contribution in [-0.2, 0) is 12.8 Å². The van der Waals surface area contributed by atoms with E-state index in [1.807, 2.05) is 6.92 Å². The Balaban J connectivity index is 2.63. The molecule has 0 radical (unpaired) electrons. The molecule has 0 saturated carbocycles. The van der Waals surface area contributed by atoms with Crippen molar-refractivity contribution in [3.63, 3.8) is 0 Å². The van der Waals surface area contributed by atoms with Crippen LogP contribution in [0.4, 0.5) is 4.39 Å². The van der Waals surface area contributed by atoms with Gasteiger partial charge in [0.05, 0.1) is 5.02 Å². The number of benzene rings is 1. The lowest BCUT2D eigenvalue weighted by Gasteiger charge is -2.21. The molecule has 0 amide bonds. The van der Waals surface area contributed by atoms with Gasteiger partial charge < -0.3 is 0 Å². The minimum atomic E-state index is -1.60. The van der Waals surface area contributed by atoms with Crippen molar-refractivity contribution in [2.45, 2.75) is 26.1 Å². The van der Waals surface area contributed by atoms with Gasteiger partial charge in [0.25, 0.3) is 0 Å². The Labute approximate surface area is 85.5 Å². The molecule has 0 bridgehead atoms. The predicted octanol–water partition coefficient (Wildman–Crippen LogP) is 3.60. The first kappa shape index (κ1) is 6.83. The van der Waals surface area contributed by atoms with Gasteiger partial charge in [-0.05, 0) is 42.3 Å². The topological polar surface area (TPSA) is 0 Å². The molecule has 13 heavy (non-hydrogen) atoms. The molecule has 2 rings (SSSR count). The van der Waals surface area contributed by atoms with E-state index in [2.05, 4.69) is 0 Å². The summed E-state index contributed by atoms with van der Waals surface area (Å²) in [4.78, 5) is 0. The summed E-state index contributed by atoms with van der Waals surface area (Å²) in [6.07, 6.45) is -0.512. The van der Waals surface area contributed by atoms with Gasteiger partial charge in [0.15, 0.2) is 0 Å². The fourth-order valence-corrected chi connectivity index (χ4v) is 1.83. The summed E-state index contributed by atoms with van der Waals surface area (Å²) >= 11 is 5.67. The Hall–Kier alpha value is -0.560. The summed E-state index contributed by atoms with van der Waals surface area (Å²) in [7, 11) is 0. The van der Waals surface area contributed by atoms with Crippen LogP contribution in [0.1, 0.15) is 27.2 Å². The average Bonchev–Trinajstić information content (AvgIpc) is 2.08. The maximum Gasteiger partial charge on any atom is 0.145 e. The quantitative estimate of drug-likeness (QED) is 0.600. The highest BCUT2D eigenvalue weighted by atomic mass is 35.5. The molecule has 0 aliphatic heterocycles. The number of hydrogen-bond acceptors (Lipinski definition) is 0. The van der Waals surface area contributed by atoms with Crippen LogP contribution >= 0.6 is 11.6 Å². The molecule has 0 fully saturated rings. The lowest BCUT2D eigenvalue weighted by Crippen LogP contribution is -2.12. The van der Waals surface area contributed by atoms with Crippen molar-refractivity contribution >= 4 is 11.6 Å². The van der Waals surface area contributed by atoms with Crippen molar-refractivity contribution in [3.05, 3.63) is 34.1 Å². The molecule has 0 heterocycles. The van der Waals surface area contributed by atoms with Crippen LogP contribution < -0.4 is 0 Å². The minimum absolute atomic E-state index is 0.00665. The molecule has 0 spiro atoms. The van der Waals surface area contributed by atoms with Gasteiger partial charge in [0, 0.05) is 2.74 Å². The maximum atomic E-state index is 13.7. The second kappa shape index (κ2) is 3.30. The molecular formula is C11H12ClF. The second-order valence-corrected chi connectivity index (χ2v) is 3.99. The highest BCUT2D eigenvalue weighted by Gasteiger charge is 2.19. The first-order valence-electron chi connectivity index (χ1n) is 5.39. The van der Waals surface area contributed by atoms with E-state index in [1.165, 1.54) is 6.07 Å². The van der Waals surface area contributed by atoms with Crippen LogP contribution in [-0.4, -0.2) is 0 Å². The molecule has 0 N–H and O–H groups in total. The Morgan fingerprint density at radius 3 is 3.15 bits per heavy atom. The van der Waals surface area contributed by atoms with E-state index in [-0.39, 0.29) is 16.5 Å². The van der Waals surface area contributed by atoms with Crippen LogP contribution in [0.3, 0.4) is 0 Å². The van der Waals surface area contributed by atoms with Crippen molar-refractivity contribution in [1.82, 2.24) is 0 Å². The van der Waals surface area contributed by atoms with Crippen molar-refractivity contribution in [2.24, 2.45) is 5.92 Å². The van der Waals surface area contributed by atoms with E-state index < -0.39 is 12.2 Å². The van der Waals surface area contributed by atoms with E-state index >= 15 is 0 Å². The second-order valence-electron chi connectivity index (χ2n) is 3.59. The number of fused-ring (bicyclic) bond motifs is 1. The Kier molecular flexibility index (Phi) is 1.73. The summed E-state index contributed by atoms with van der Waals surface area (Å²) in [5, 5.41) is 0.00665. The smallest absolute Gasteiger partial charge is 0.145 e. The zero-order chi connectivity index (χ0) is 11.2. The van der Waals surface area contributed by atoms with Gasteiger partial charge in [-0.25, -0.2) is 4.39 Å². The molecule has 1 unspecified atom stereocenters. The predicted molar refractivity (Wildman–Crippen MR) is 52.6 cm³/mol. The Morgan fingerprint density at radius 1 is 1.62 bits per heavy atom. The Bertz CT molecular complexity index is 404. The summed E-state index contributed by atoms with van der Waals surface area (Å²) in [5.74, 6) is -0.348. The molecule has 0 nitrogen and oxygen atoms in total. The van der Waals surface area contributed by atoms with Crippen LogP contribution in [0, 0.1) is 11.7 Å². The molecule has 0 saturated heterocycles. The van der Waals surface area contributed by atoms with E-state index in [0.29, 0.717) is 6.42 Å². The summed E-state index contributed by atoms with van der Waals surface area (Å²) in [5.41, 5.74) is 0.911. The summed E-state index contributed by atoms with van der Waals surface area (Å²) < 4.78 is 29.4. The largest absolute Gasteiger partial charge is 0.205 e. The molecule has 1 aliphatic carbocycles. The van der Waals surface area contributed by atoms with E-state index in [4.69, 9.17) is 14.3 Å². The number of hydrogen-bond donors (Lipinski definition) is 0. The summed E-state index contributed by atoms with van der Waals surface area (Å²) in [6, 6.07) is 3.23. The SMILES string of the molecule is [2H]C1([2H])CC(C)Cc2ccc(Cl)c(F)c21. The Morgan fingerprint density at radius 2 is 2.38 bits per heavy atom. The van der Waals surface area contributed by atoms with Gasteiger partial charge in [-0.15, -0.1) is 0 Å². The molecular weight excluding hydrogens is 187 g/mol. The van der Waals surface area contributed by atoms with E-state index in [1.54, 1.807) is 6.07 Å². The molecule has 2 heteroatoms. The van der Waals surface area contributed by atoms with Gasteiger partial charge in [-0.3, -0.25) is 0 Å². The van der Waals surface area contributed by atoms with Gasteiger partial charge in [-0.2, -0.15) is 0 Å². The van der Waals surface area contributed by atoms with Crippen molar-refractivity contribution < 1.29 is 7.13 Å². The molecule has 1 atom stereocenters. The first-order valence-corrected chi connectivity index (χ1v) is 4.77. The van der Waals surface area contributed by atoms with Crippen molar-refractivity contribution in [2.75, 3.05) is 0 Å². The third kappa shape index (κ3) is 1.58. The lowest BCUT2D eigenvalue weighted by atomic mass is 9.85. The number of rotatable bonds is 0. The van der Waals surface area contributed by atoms with Crippen molar-refractivity contribution in [3.8, 4) is 0 Å². The molecule has 1 aliphatic rings. The van der Waals surface area contributed by atoms with E-state index in [0.717, 1.165) is 12.0 Å². The monoisotopic (exact) mass is 200 g/mol. The lowest BCUT2D eigenvalue weighted by molar-refractivity contribution is 0.482. The van der Waals surface area contributed by atoms with Gasteiger partial charge >= 0.3 is 0 Å². The highest BCUT2D eigenvalue weighted by Crippen LogP contribution is 2.30. The average molecular weight is 201 g/mol. The van der Waals surface area contributed by atoms with Gasteiger partial charge in [-0.1, -0.05) is 24.6 Å². The van der Waals surface area contributed by atoms with E-state index in [9.17, 15) is 4.39 Å². The molecule has 1 aromatic rings. The summed E-state index contributed by atoms with van der Waals surface area (Å²) in [6.45, 7) is 1.98. The number of halogens is 2. The van der Waals surface area contributed by atoms with Gasteiger partial charge in [0.1, 0.15) is 5.82 Å². The third-order valence-corrected chi connectivity index (χ3v) is 2.67. The first-order chi connectivity index (χ1) is 6.92. The molecule has 0 aromatic heterocycles. The fraction of sp³-hybridized carbons (Fsp3) is 0.455. The minimum Gasteiger partial charge on any atom is -0.205 e. The van der Waals surface area contributed by atoms with Crippen LogP contribution in [0.5, 0.6) is 0 Å². The van der Waals surface area contributed by atoms with Crippen LogP contribution in [0.15, 0.2) is 12.1 Å². The third-order valence-electron chi connectivity index (χ3n) is 2.38.